The number of hydrogen-bond donors (Lipinski definition) is 0. The molecule has 0 amide bonds. The highest BCUT2D eigenvalue weighted by atomic mass is 16.7. The first-order chi connectivity index (χ1) is 13.1. The van der Waals surface area contributed by atoms with Crippen LogP contribution in [0.2, 0.25) is 0 Å². The Morgan fingerprint density at radius 3 is 2.29 bits per heavy atom. The molecule has 4 heteroatoms. The Bertz CT molecular complexity index is 648. The van der Waals surface area contributed by atoms with Crippen molar-refractivity contribution in [1.29, 1.82) is 0 Å². The summed E-state index contributed by atoms with van der Waals surface area (Å²) in [5.74, 6) is -0.0790. The summed E-state index contributed by atoms with van der Waals surface area (Å²) >= 11 is 0. The standard InChI is InChI=1S/C24H37NO3/c1-19(13-16-28-25-23(3,4)14-10-15-24(25,5)6)17-22(18-27-20(2)26)21-11-8-7-9-12-21/h7-9,11-13,22H,10,14-18H2,1-6H3/b19-13+. The first-order valence-corrected chi connectivity index (χ1v) is 10.4. The highest BCUT2D eigenvalue weighted by molar-refractivity contribution is 5.65. The van der Waals surface area contributed by atoms with Crippen LogP contribution in [-0.4, -0.2) is 35.3 Å². The molecule has 2 rings (SSSR count). The molecule has 1 saturated heterocycles. The van der Waals surface area contributed by atoms with Crippen LogP contribution in [0.5, 0.6) is 0 Å². The molecule has 1 unspecified atom stereocenters. The van der Waals surface area contributed by atoms with Crippen LogP contribution in [-0.2, 0) is 14.4 Å². The smallest absolute Gasteiger partial charge is 0.302 e. The Balaban J connectivity index is 1.99. The lowest BCUT2D eigenvalue weighted by Crippen LogP contribution is -2.58. The largest absolute Gasteiger partial charge is 0.465 e. The molecule has 0 N–H and O–H groups in total. The summed E-state index contributed by atoms with van der Waals surface area (Å²) < 4.78 is 5.31. The third kappa shape index (κ3) is 6.46. The molecule has 0 spiro atoms. The van der Waals surface area contributed by atoms with E-state index < -0.39 is 0 Å². The van der Waals surface area contributed by atoms with Gasteiger partial charge in [-0.2, -0.15) is 5.06 Å². The SMILES string of the molecule is CC(=O)OCC(C/C(C)=C/CON1C(C)(C)CCCC1(C)C)c1ccccc1. The van der Waals surface area contributed by atoms with Gasteiger partial charge in [-0.25, -0.2) is 0 Å². The van der Waals surface area contributed by atoms with Crippen LogP contribution in [0.3, 0.4) is 0 Å². The molecule has 1 aliphatic rings. The van der Waals surface area contributed by atoms with Crippen molar-refractivity contribution in [3.63, 3.8) is 0 Å². The predicted octanol–water partition coefficient (Wildman–Crippen LogP) is 5.64. The summed E-state index contributed by atoms with van der Waals surface area (Å²) in [6, 6.07) is 10.2. The maximum atomic E-state index is 11.3. The second kappa shape index (κ2) is 9.71. The molecule has 1 aromatic rings. The number of hydrogen-bond acceptors (Lipinski definition) is 4. The molecule has 0 saturated carbocycles. The molecular weight excluding hydrogens is 350 g/mol. The van der Waals surface area contributed by atoms with E-state index in [1.54, 1.807) is 0 Å². The summed E-state index contributed by atoms with van der Waals surface area (Å²) in [6.07, 6.45) is 6.54. The Morgan fingerprint density at radius 1 is 1.11 bits per heavy atom. The van der Waals surface area contributed by atoms with Gasteiger partial charge in [0.05, 0.1) is 13.2 Å². The monoisotopic (exact) mass is 387 g/mol. The minimum atomic E-state index is -0.236. The highest BCUT2D eigenvalue weighted by Gasteiger charge is 2.42. The summed E-state index contributed by atoms with van der Waals surface area (Å²) in [5, 5.41) is 2.20. The third-order valence-corrected chi connectivity index (χ3v) is 5.64. The predicted molar refractivity (Wildman–Crippen MR) is 114 cm³/mol. The molecular formula is C24H37NO3. The fourth-order valence-corrected chi connectivity index (χ4v) is 4.27. The van der Waals surface area contributed by atoms with Crippen molar-refractivity contribution < 1.29 is 14.4 Å². The third-order valence-electron chi connectivity index (χ3n) is 5.64. The zero-order valence-corrected chi connectivity index (χ0v) is 18.5. The quantitative estimate of drug-likeness (QED) is 0.427. The van der Waals surface area contributed by atoms with Crippen LogP contribution < -0.4 is 0 Å². The van der Waals surface area contributed by atoms with E-state index in [4.69, 9.17) is 9.57 Å². The zero-order chi connectivity index (χ0) is 20.8. The minimum Gasteiger partial charge on any atom is -0.465 e. The second-order valence-electron chi connectivity index (χ2n) is 9.23. The molecule has 4 nitrogen and oxygen atoms in total. The van der Waals surface area contributed by atoms with Gasteiger partial charge in [-0.15, -0.1) is 0 Å². The number of hydroxylamine groups is 2. The first kappa shape index (κ1) is 22.6. The summed E-state index contributed by atoms with van der Waals surface area (Å²) in [7, 11) is 0. The van der Waals surface area contributed by atoms with E-state index in [0.717, 1.165) is 19.3 Å². The maximum Gasteiger partial charge on any atom is 0.302 e. The number of allylic oxidation sites excluding steroid dienone is 1. The van der Waals surface area contributed by atoms with Crippen molar-refractivity contribution in [1.82, 2.24) is 5.06 Å². The molecule has 1 atom stereocenters. The first-order valence-electron chi connectivity index (χ1n) is 10.4. The Hall–Kier alpha value is -1.65. The van der Waals surface area contributed by atoms with Crippen molar-refractivity contribution in [2.45, 2.75) is 84.2 Å². The van der Waals surface area contributed by atoms with Crippen LogP contribution in [0, 0.1) is 0 Å². The molecule has 1 aliphatic heterocycles. The lowest BCUT2D eigenvalue weighted by atomic mass is 9.82. The molecule has 0 aromatic heterocycles. The molecule has 1 aromatic carbocycles. The molecule has 0 aliphatic carbocycles. The Labute approximate surface area is 170 Å². The molecule has 1 heterocycles. The van der Waals surface area contributed by atoms with E-state index >= 15 is 0 Å². The van der Waals surface area contributed by atoms with Gasteiger partial charge in [-0.05, 0) is 65.9 Å². The van der Waals surface area contributed by atoms with Gasteiger partial charge in [-0.1, -0.05) is 42.0 Å². The number of carbonyl (C=O) groups is 1. The normalized spacial score (nSPS) is 20.6. The highest BCUT2D eigenvalue weighted by Crippen LogP contribution is 2.38. The van der Waals surface area contributed by atoms with Crippen molar-refractivity contribution >= 4 is 5.97 Å². The van der Waals surface area contributed by atoms with Gasteiger partial charge in [0.1, 0.15) is 0 Å². The second-order valence-corrected chi connectivity index (χ2v) is 9.23. The van der Waals surface area contributed by atoms with Crippen LogP contribution in [0.4, 0.5) is 0 Å². The van der Waals surface area contributed by atoms with Gasteiger partial charge in [0.2, 0.25) is 0 Å². The number of nitrogens with zero attached hydrogens (tertiary/aromatic N) is 1. The fourth-order valence-electron chi connectivity index (χ4n) is 4.27. The van der Waals surface area contributed by atoms with Crippen molar-refractivity contribution in [3.05, 3.63) is 47.5 Å². The molecule has 1 fully saturated rings. The average Bonchev–Trinajstić information content (AvgIpc) is 2.61. The van der Waals surface area contributed by atoms with Gasteiger partial charge >= 0.3 is 5.97 Å². The van der Waals surface area contributed by atoms with E-state index in [9.17, 15) is 4.79 Å². The summed E-state index contributed by atoms with van der Waals surface area (Å²) in [6.45, 7) is 13.6. The molecule has 156 valence electrons. The van der Waals surface area contributed by atoms with Crippen LogP contribution >= 0.6 is 0 Å². The molecule has 0 radical (unpaired) electrons. The lowest BCUT2D eigenvalue weighted by Gasteiger charge is -2.51. The number of piperidine rings is 1. The minimum absolute atomic E-state index is 0.0470. The van der Waals surface area contributed by atoms with Crippen LogP contribution in [0.15, 0.2) is 42.0 Å². The van der Waals surface area contributed by atoms with E-state index in [1.165, 1.54) is 24.5 Å². The number of benzene rings is 1. The van der Waals surface area contributed by atoms with Crippen molar-refractivity contribution in [2.24, 2.45) is 0 Å². The van der Waals surface area contributed by atoms with Gasteiger partial charge in [0.25, 0.3) is 0 Å². The van der Waals surface area contributed by atoms with Crippen molar-refractivity contribution in [3.8, 4) is 0 Å². The van der Waals surface area contributed by atoms with E-state index in [-0.39, 0.29) is 23.0 Å². The molecule has 28 heavy (non-hydrogen) atoms. The van der Waals surface area contributed by atoms with E-state index in [1.807, 2.05) is 18.2 Å². The summed E-state index contributed by atoms with van der Waals surface area (Å²) in [4.78, 5) is 17.5. The number of rotatable bonds is 8. The van der Waals surface area contributed by atoms with Gasteiger partial charge in [-0.3, -0.25) is 9.63 Å². The molecule has 0 bridgehead atoms. The van der Waals surface area contributed by atoms with Crippen LogP contribution in [0.25, 0.3) is 0 Å². The Morgan fingerprint density at radius 2 is 1.71 bits per heavy atom. The van der Waals surface area contributed by atoms with E-state index in [2.05, 4.69) is 57.9 Å². The summed E-state index contributed by atoms with van der Waals surface area (Å²) in [5.41, 5.74) is 2.53. The van der Waals surface area contributed by atoms with Gasteiger partial charge in [0, 0.05) is 23.9 Å². The number of ether oxygens (including phenoxy) is 1. The van der Waals surface area contributed by atoms with Gasteiger partial charge < -0.3 is 4.74 Å². The lowest BCUT2D eigenvalue weighted by molar-refractivity contribution is -0.274. The number of carbonyl (C=O) groups excluding carboxylic acids is 1. The van der Waals surface area contributed by atoms with Crippen LogP contribution in [0.1, 0.15) is 78.7 Å². The zero-order valence-electron chi connectivity index (χ0n) is 18.5. The van der Waals surface area contributed by atoms with Crippen molar-refractivity contribution in [2.75, 3.05) is 13.2 Å². The maximum absolute atomic E-state index is 11.3. The van der Waals surface area contributed by atoms with Gasteiger partial charge in [0.15, 0.2) is 0 Å². The van der Waals surface area contributed by atoms with E-state index in [0.29, 0.717) is 13.2 Å². The average molecular weight is 388 g/mol. The number of esters is 1. The Kier molecular flexibility index (Phi) is 7.85. The fraction of sp³-hybridized carbons (Fsp3) is 0.625. The topological polar surface area (TPSA) is 38.8 Å².